The first-order valence-electron chi connectivity index (χ1n) is 5.97. The summed E-state index contributed by atoms with van der Waals surface area (Å²) in [4.78, 5) is 11.5. The Morgan fingerprint density at radius 1 is 1.33 bits per heavy atom. The number of sulfone groups is 1. The molecule has 1 amide bonds. The molecule has 0 saturated heterocycles. The molecule has 21 heavy (non-hydrogen) atoms. The number of hydrogen-bond donors (Lipinski definition) is 1. The van der Waals surface area contributed by atoms with Crippen LogP contribution in [0.25, 0.3) is 0 Å². The molecule has 1 aromatic carbocycles. The van der Waals surface area contributed by atoms with E-state index in [1.54, 1.807) is 6.92 Å². The number of alkyl halides is 3. The minimum atomic E-state index is -4.84. The summed E-state index contributed by atoms with van der Waals surface area (Å²) in [5.41, 5.74) is 0.0217. The van der Waals surface area contributed by atoms with Crippen LogP contribution in [0.4, 0.5) is 18.9 Å². The number of carbonyl (C=O) groups is 1. The standard InChI is InChI=1S/C12H14F3NO4S/c1-2-6-21(18,19)8-11(17)16-9-4-3-5-10(7-9)20-12(13,14)15/h3-5,7H,2,6,8H2,1H3,(H,16,17). The van der Waals surface area contributed by atoms with Crippen molar-refractivity contribution in [1.29, 1.82) is 0 Å². The van der Waals surface area contributed by atoms with Crippen LogP contribution < -0.4 is 10.1 Å². The first-order chi connectivity index (χ1) is 9.61. The van der Waals surface area contributed by atoms with Crippen molar-refractivity contribution in [3.63, 3.8) is 0 Å². The highest BCUT2D eigenvalue weighted by atomic mass is 32.2. The number of ether oxygens (including phenoxy) is 1. The molecule has 0 fully saturated rings. The number of benzene rings is 1. The quantitative estimate of drug-likeness (QED) is 0.871. The van der Waals surface area contributed by atoms with Crippen molar-refractivity contribution in [2.75, 3.05) is 16.8 Å². The SMILES string of the molecule is CCCS(=O)(=O)CC(=O)Nc1cccc(OC(F)(F)F)c1. The zero-order valence-electron chi connectivity index (χ0n) is 11.1. The maximum Gasteiger partial charge on any atom is 0.573 e. The normalized spacial score (nSPS) is 12.0. The van der Waals surface area contributed by atoms with Crippen LogP contribution in [-0.2, 0) is 14.6 Å². The van der Waals surface area contributed by atoms with Crippen molar-refractivity contribution in [3.05, 3.63) is 24.3 Å². The molecule has 0 atom stereocenters. The highest BCUT2D eigenvalue weighted by Crippen LogP contribution is 2.25. The van der Waals surface area contributed by atoms with Crippen LogP contribution >= 0.6 is 0 Å². The first kappa shape index (κ1) is 17.3. The van der Waals surface area contributed by atoms with E-state index in [4.69, 9.17) is 0 Å². The second kappa shape index (κ2) is 6.79. The van der Waals surface area contributed by atoms with Gasteiger partial charge < -0.3 is 10.1 Å². The fourth-order valence-electron chi connectivity index (χ4n) is 1.55. The highest BCUT2D eigenvalue weighted by molar-refractivity contribution is 7.92. The minimum absolute atomic E-state index is 0.0217. The van der Waals surface area contributed by atoms with Crippen molar-refractivity contribution in [1.82, 2.24) is 0 Å². The Labute approximate surface area is 120 Å². The van der Waals surface area contributed by atoms with Crippen molar-refractivity contribution in [2.45, 2.75) is 19.7 Å². The predicted molar refractivity (Wildman–Crippen MR) is 70.7 cm³/mol. The number of rotatable bonds is 6. The summed E-state index contributed by atoms with van der Waals surface area (Å²) in [6.45, 7) is 1.66. The Balaban J connectivity index is 2.71. The second-order valence-corrected chi connectivity index (χ2v) is 6.40. The Bertz CT molecular complexity index is 599. The van der Waals surface area contributed by atoms with Crippen molar-refractivity contribution >= 4 is 21.4 Å². The molecule has 0 spiro atoms. The molecule has 0 aromatic heterocycles. The van der Waals surface area contributed by atoms with E-state index in [1.165, 1.54) is 12.1 Å². The molecule has 0 aliphatic heterocycles. The predicted octanol–water partition coefficient (Wildman–Crippen LogP) is 2.35. The van der Waals surface area contributed by atoms with Gasteiger partial charge in [0.05, 0.1) is 5.75 Å². The van der Waals surface area contributed by atoms with Gasteiger partial charge in [-0.1, -0.05) is 13.0 Å². The lowest BCUT2D eigenvalue weighted by Gasteiger charge is -2.10. The van der Waals surface area contributed by atoms with Crippen molar-refractivity contribution in [2.24, 2.45) is 0 Å². The molecule has 0 aliphatic carbocycles. The van der Waals surface area contributed by atoms with Crippen LogP contribution in [0.5, 0.6) is 5.75 Å². The van der Waals surface area contributed by atoms with Crippen LogP contribution in [0, 0.1) is 0 Å². The van der Waals surface area contributed by atoms with Crippen molar-refractivity contribution in [3.8, 4) is 5.75 Å². The molecule has 0 heterocycles. The molecule has 0 saturated carbocycles. The van der Waals surface area contributed by atoms with Gasteiger partial charge in [-0.3, -0.25) is 4.79 Å². The highest BCUT2D eigenvalue weighted by Gasteiger charge is 2.31. The fourth-order valence-corrected chi connectivity index (χ4v) is 2.79. The molecule has 0 unspecified atom stereocenters. The van der Waals surface area contributed by atoms with Gasteiger partial charge in [-0.25, -0.2) is 8.42 Å². The van der Waals surface area contributed by atoms with E-state index in [9.17, 15) is 26.4 Å². The van der Waals surface area contributed by atoms with E-state index in [-0.39, 0.29) is 11.4 Å². The summed E-state index contributed by atoms with van der Waals surface area (Å²) in [6.07, 6.45) is -4.46. The largest absolute Gasteiger partial charge is 0.573 e. The van der Waals surface area contributed by atoms with Gasteiger partial charge in [-0.15, -0.1) is 13.2 Å². The van der Waals surface area contributed by atoms with Gasteiger partial charge in [0, 0.05) is 11.8 Å². The minimum Gasteiger partial charge on any atom is -0.406 e. The molecule has 1 N–H and O–H groups in total. The molecule has 0 aliphatic rings. The second-order valence-electron chi connectivity index (χ2n) is 4.22. The van der Waals surface area contributed by atoms with Crippen LogP contribution in [0.15, 0.2) is 24.3 Å². The Morgan fingerprint density at radius 3 is 2.57 bits per heavy atom. The van der Waals surface area contributed by atoms with E-state index in [2.05, 4.69) is 10.1 Å². The molecular weight excluding hydrogens is 311 g/mol. The van der Waals surface area contributed by atoms with Crippen LogP contribution in [0.2, 0.25) is 0 Å². The third kappa shape index (κ3) is 6.98. The average molecular weight is 325 g/mol. The number of nitrogens with one attached hydrogen (secondary N) is 1. The van der Waals surface area contributed by atoms with Gasteiger partial charge in [0.15, 0.2) is 9.84 Å². The van der Waals surface area contributed by atoms with Crippen LogP contribution in [0.3, 0.4) is 0 Å². The van der Waals surface area contributed by atoms with E-state index in [0.717, 1.165) is 12.1 Å². The molecular formula is C12H14F3NO4S. The lowest BCUT2D eigenvalue weighted by molar-refractivity contribution is -0.274. The molecule has 1 rings (SSSR count). The smallest absolute Gasteiger partial charge is 0.406 e. The van der Waals surface area contributed by atoms with Gasteiger partial charge in [0.25, 0.3) is 0 Å². The molecule has 118 valence electrons. The van der Waals surface area contributed by atoms with Gasteiger partial charge >= 0.3 is 6.36 Å². The summed E-state index contributed by atoms with van der Waals surface area (Å²) in [6, 6.07) is 4.60. The number of carbonyl (C=O) groups excluding carboxylic acids is 1. The number of halogens is 3. The molecule has 0 radical (unpaired) electrons. The zero-order chi connectivity index (χ0) is 16.1. The lowest BCUT2D eigenvalue weighted by atomic mass is 10.3. The monoisotopic (exact) mass is 325 g/mol. The van der Waals surface area contributed by atoms with Crippen LogP contribution in [-0.4, -0.2) is 32.2 Å². The molecule has 0 bridgehead atoms. The molecule has 1 aromatic rings. The fraction of sp³-hybridized carbons (Fsp3) is 0.417. The topological polar surface area (TPSA) is 72.5 Å². The van der Waals surface area contributed by atoms with E-state index < -0.39 is 33.6 Å². The third-order valence-corrected chi connectivity index (χ3v) is 3.95. The number of anilines is 1. The maximum absolute atomic E-state index is 12.1. The van der Waals surface area contributed by atoms with E-state index >= 15 is 0 Å². The summed E-state index contributed by atoms with van der Waals surface area (Å²) in [5, 5.41) is 2.22. The lowest BCUT2D eigenvalue weighted by Crippen LogP contribution is -2.24. The van der Waals surface area contributed by atoms with Crippen LogP contribution in [0.1, 0.15) is 13.3 Å². The Kier molecular flexibility index (Phi) is 5.59. The zero-order valence-corrected chi connectivity index (χ0v) is 11.9. The first-order valence-corrected chi connectivity index (χ1v) is 7.79. The number of amides is 1. The summed E-state index contributed by atoms with van der Waals surface area (Å²) in [7, 11) is -3.51. The van der Waals surface area contributed by atoms with Gasteiger partial charge in [0.2, 0.25) is 5.91 Å². The third-order valence-electron chi connectivity index (χ3n) is 2.22. The van der Waals surface area contributed by atoms with E-state index in [0.29, 0.717) is 6.42 Å². The summed E-state index contributed by atoms with van der Waals surface area (Å²) in [5.74, 6) is -2.16. The van der Waals surface area contributed by atoms with Crippen molar-refractivity contribution < 1.29 is 31.1 Å². The van der Waals surface area contributed by atoms with E-state index in [1.807, 2.05) is 0 Å². The summed E-state index contributed by atoms with van der Waals surface area (Å²) >= 11 is 0. The van der Waals surface area contributed by atoms with Gasteiger partial charge in [-0.2, -0.15) is 0 Å². The Hall–Kier alpha value is -1.77. The molecule has 9 heteroatoms. The maximum atomic E-state index is 12.1. The molecule has 5 nitrogen and oxygen atoms in total. The van der Waals surface area contributed by atoms with Gasteiger partial charge in [0.1, 0.15) is 11.5 Å². The van der Waals surface area contributed by atoms with Gasteiger partial charge in [-0.05, 0) is 18.6 Å². The Morgan fingerprint density at radius 2 is 2.00 bits per heavy atom. The number of hydrogen-bond acceptors (Lipinski definition) is 4. The average Bonchev–Trinajstić information content (AvgIpc) is 2.25. The summed E-state index contributed by atoms with van der Waals surface area (Å²) < 4.78 is 62.8.